The van der Waals surface area contributed by atoms with Crippen molar-refractivity contribution in [3.8, 4) is 0 Å². The van der Waals surface area contributed by atoms with Crippen molar-refractivity contribution in [2.24, 2.45) is 13.0 Å². The van der Waals surface area contributed by atoms with Crippen LogP contribution in [0.15, 0.2) is 6.20 Å². The average molecular weight is 194 g/mol. The van der Waals surface area contributed by atoms with Crippen molar-refractivity contribution in [2.75, 3.05) is 0 Å². The van der Waals surface area contributed by atoms with Crippen molar-refractivity contribution in [2.45, 2.75) is 33.6 Å². The molecule has 0 saturated carbocycles. The highest BCUT2D eigenvalue weighted by Crippen LogP contribution is 2.09. The van der Waals surface area contributed by atoms with Crippen LogP contribution < -0.4 is 0 Å². The standard InChI is InChI=1S/C11H18N2O/c1-8(2)11(14)6-5-10-7-13(4)12-9(10)3/h7-8H,5-6H2,1-4H3. The van der Waals surface area contributed by atoms with Gasteiger partial charge < -0.3 is 0 Å². The Kier molecular flexibility index (Phi) is 3.44. The van der Waals surface area contributed by atoms with Gasteiger partial charge in [-0.3, -0.25) is 9.48 Å². The number of Topliss-reactive ketones (excluding diaryl/α,β-unsaturated/α-hetero) is 1. The Morgan fingerprint density at radius 3 is 2.64 bits per heavy atom. The number of ketones is 1. The highest BCUT2D eigenvalue weighted by molar-refractivity contribution is 5.80. The van der Waals surface area contributed by atoms with Crippen LogP contribution in [0.5, 0.6) is 0 Å². The van der Waals surface area contributed by atoms with Crippen molar-refractivity contribution in [3.63, 3.8) is 0 Å². The van der Waals surface area contributed by atoms with E-state index in [2.05, 4.69) is 5.10 Å². The fourth-order valence-electron chi connectivity index (χ4n) is 1.44. The fraction of sp³-hybridized carbons (Fsp3) is 0.636. The Hall–Kier alpha value is -1.12. The second-order valence-corrected chi connectivity index (χ2v) is 4.03. The average Bonchev–Trinajstić information content (AvgIpc) is 2.40. The zero-order chi connectivity index (χ0) is 10.7. The highest BCUT2D eigenvalue weighted by Gasteiger charge is 2.09. The topological polar surface area (TPSA) is 34.9 Å². The maximum absolute atomic E-state index is 11.4. The number of aryl methyl sites for hydroxylation is 3. The number of nitrogens with zero attached hydrogens (tertiary/aromatic N) is 2. The van der Waals surface area contributed by atoms with Crippen LogP contribution in [-0.2, 0) is 18.3 Å². The largest absolute Gasteiger partial charge is 0.299 e. The molecule has 0 amide bonds. The zero-order valence-corrected chi connectivity index (χ0v) is 9.37. The SMILES string of the molecule is Cc1nn(C)cc1CCC(=O)C(C)C. The first-order chi connectivity index (χ1) is 6.50. The molecule has 78 valence electrons. The van der Waals surface area contributed by atoms with Crippen LogP contribution in [-0.4, -0.2) is 15.6 Å². The highest BCUT2D eigenvalue weighted by atomic mass is 16.1. The lowest BCUT2D eigenvalue weighted by Crippen LogP contribution is -2.07. The maximum atomic E-state index is 11.4. The van der Waals surface area contributed by atoms with Crippen molar-refractivity contribution in [1.82, 2.24) is 9.78 Å². The zero-order valence-electron chi connectivity index (χ0n) is 9.37. The summed E-state index contributed by atoms with van der Waals surface area (Å²) in [4.78, 5) is 11.4. The summed E-state index contributed by atoms with van der Waals surface area (Å²) in [6, 6.07) is 0. The number of hydrogen-bond donors (Lipinski definition) is 0. The molecule has 0 N–H and O–H groups in total. The minimum atomic E-state index is 0.145. The smallest absolute Gasteiger partial charge is 0.135 e. The summed E-state index contributed by atoms with van der Waals surface area (Å²) in [5.74, 6) is 0.472. The minimum Gasteiger partial charge on any atom is -0.299 e. The summed E-state index contributed by atoms with van der Waals surface area (Å²) in [5.41, 5.74) is 2.21. The van der Waals surface area contributed by atoms with Gasteiger partial charge in [-0.25, -0.2) is 0 Å². The van der Waals surface area contributed by atoms with E-state index in [0.29, 0.717) is 12.2 Å². The van der Waals surface area contributed by atoms with E-state index >= 15 is 0 Å². The van der Waals surface area contributed by atoms with Gasteiger partial charge in [-0.15, -0.1) is 0 Å². The molecule has 1 aromatic heterocycles. The Morgan fingerprint density at radius 1 is 1.57 bits per heavy atom. The van der Waals surface area contributed by atoms with E-state index in [9.17, 15) is 4.79 Å². The van der Waals surface area contributed by atoms with E-state index in [0.717, 1.165) is 12.1 Å². The molecule has 0 spiro atoms. The van der Waals surface area contributed by atoms with Gasteiger partial charge in [0.15, 0.2) is 0 Å². The number of hydrogen-bond acceptors (Lipinski definition) is 2. The van der Waals surface area contributed by atoms with Gasteiger partial charge in [0.1, 0.15) is 5.78 Å². The molecular weight excluding hydrogens is 176 g/mol. The third-order valence-electron chi connectivity index (χ3n) is 2.40. The lowest BCUT2D eigenvalue weighted by Gasteiger charge is -2.02. The third-order valence-corrected chi connectivity index (χ3v) is 2.40. The molecule has 1 heterocycles. The van der Waals surface area contributed by atoms with Crippen LogP contribution in [0.4, 0.5) is 0 Å². The summed E-state index contributed by atoms with van der Waals surface area (Å²) in [6.45, 7) is 5.87. The molecular formula is C11H18N2O. The van der Waals surface area contributed by atoms with Gasteiger partial charge in [0.25, 0.3) is 0 Å². The van der Waals surface area contributed by atoms with Crippen molar-refractivity contribution < 1.29 is 4.79 Å². The summed E-state index contributed by atoms with van der Waals surface area (Å²) in [6.07, 6.45) is 3.43. The second kappa shape index (κ2) is 4.40. The van der Waals surface area contributed by atoms with Crippen LogP contribution in [0, 0.1) is 12.8 Å². The van der Waals surface area contributed by atoms with E-state index in [4.69, 9.17) is 0 Å². The lowest BCUT2D eigenvalue weighted by atomic mass is 10.0. The molecule has 0 fully saturated rings. The number of carbonyl (C=O) groups excluding carboxylic acids is 1. The molecule has 3 nitrogen and oxygen atoms in total. The summed E-state index contributed by atoms with van der Waals surface area (Å²) < 4.78 is 1.80. The van der Waals surface area contributed by atoms with Crippen LogP contribution >= 0.6 is 0 Å². The monoisotopic (exact) mass is 194 g/mol. The molecule has 14 heavy (non-hydrogen) atoms. The molecule has 1 aromatic rings. The van der Waals surface area contributed by atoms with Gasteiger partial charge in [0, 0.05) is 25.6 Å². The van der Waals surface area contributed by atoms with Crippen molar-refractivity contribution in [3.05, 3.63) is 17.5 Å². The van der Waals surface area contributed by atoms with Crippen LogP contribution in [0.25, 0.3) is 0 Å². The Bertz CT molecular complexity index is 326. The first-order valence-electron chi connectivity index (χ1n) is 5.02. The quantitative estimate of drug-likeness (QED) is 0.733. The van der Waals surface area contributed by atoms with Gasteiger partial charge in [0.2, 0.25) is 0 Å². The van der Waals surface area contributed by atoms with E-state index in [1.54, 1.807) is 4.68 Å². The fourth-order valence-corrected chi connectivity index (χ4v) is 1.44. The maximum Gasteiger partial charge on any atom is 0.135 e. The summed E-state index contributed by atoms with van der Waals surface area (Å²) in [5, 5.41) is 4.24. The predicted octanol–water partition coefficient (Wildman–Crippen LogP) is 1.89. The molecule has 0 aliphatic carbocycles. The van der Waals surface area contributed by atoms with E-state index in [-0.39, 0.29) is 5.92 Å². The van der Waals surface area contributed by atoms with Crippen molar-refractivity contribution in [1.29, 1.82) is 0 Å². The molecule has 0 saturated heterocycles. The lowest BCUT2D eigenvalue weighted by molar-refractivity contribution is -0.121. The first-order valence-corrected chi connectivity index (χ1v) is 5.02. The van der Waals surface area contributed by atoms with E-state index in [1.165, 1.54) is 5.56 Å². The molecule has 0 aromatic carbocycles. The van der Waals surface area contributed by atoms with Gasteiger partial charge in [-0.05, 0) is 18.9 Å². The number of carbonyl (C=O) groups is 1. The molecule has 1 rings (SSSR count). The molecule has 0 aliphatic heterocycles. The molecule has 0 unspecified atom stereocenters. The van der Waals surface area contributed by atoms with Gasteiger partial charge in [0.05, 0.1) is 5.69 Å². The normalized spacial score (nSPS) is 10.9. The number of aromatic nitrogens is 2. The van der Waals surface area contributed by atoms with Gasteiger partial charge >= 0.3 is 0 Å². The van der Waals surface area contributed by atoms with Crippen molar-refractivity contribution >= 4 is 5.78 Å². The third kappa shape index (κ3) is 2.69. The first kappa shape index (κ1) is 11.0. The molecule has 0 bridgehead atoms. The van der Waals surface area contributed by atoms with Gasteiger partial charge in [-0.2, -0.15) is 5.10 Å². The van der Waals surface area contributed by atoms with Gasteiger partial charge in [-0.1, -0.05) is 13.8 Å². The molecule has 0 atom stereocenters. The van der Waals surface area contributed by atoms with Crippen LogP contribution in [0.3, 0.4) is 0 Å². The molecule has 3 heteroatoms. The minimum absolute atomic E-state index is 0.145. The Labute approximate surface area is 85.1 Å². The molecule has 0 radical (unpaired) electrons. The summed E-state index contributed by atoms with van der Waals surface area (Å²) >= 11 is 0. The van der Waals surface area contributed by atoms with E-state index < -0.39 is 0 Å². The number of rotatable bonds is 4. The Balaban J connectivity index is 2.54. The van der Waals surface area contributed by atoms with Crippen LogP contribution in [0.2, 0.25) is 0 Å². The summed E-state index contributed by atoms with van der Waals surface area (Å²) in [7, 11) is 1.90. The second-order valence-electron chi connectivity index (χ2n) is 4.03. The predicted molar refractivity (Wildman–Crippen MR) is 56.1 cm³/mol. The van der Waals surface area contributed by atoms with Crippen LogP contribution in [0.1, 0.15) is 31.5 Å². The molecule has 0 aliphatic rings. The van der Waals surface area contributed by atoms with E-state index in [1.807, 2.05) is 34.0 Å². The Morgan fingerprint density at radius 2 is 2.21 bits per heavy atom.